The maximum Gasteiger partial charge on any atom is 0.418 e. The summed E-state index contributed by atoms with van der Waals surface area (Å²) in [5, 5.41) is 3.93. The van der Waals surface area contributed by atoms with E-state index in [9.17, 15) is 13.2 Å². The summed E-state index contributed by atoms with van der Waals surface area (Å²) in [6.45, 7) is 3.68. The van der Waals surface area contributed by atoms with Crippen LogP contribution in [-0.4, -0.2) is 14.7 Å². The topological polar surface area (TPSA) is 33.1 Å². The van der Waals surface area contributed by atoms with Gasteiger partial charge < -0.3 is 14.8 Å². The Bertz CT molecular complexity index is 1420. The SMILES string of the molecule is Cc1cc([C@@H]2[C@H](c3ccccn3)NC(=S)N2c2ccc(Br)cc2)c(C)n1-c1ccccc1C(F)(F)F. The van der Waals surface area contributed by atoms with Gasteiger partial charge >= 0.3 is 6.18 Å². The lowest BCUT2D eigenvalue weighted by Crippen LogP contribution is -2.29. The first kappa shape index (κ1) is 24.5. The van der Waals surface area contributed by atoms with Gasteiger partial charge in [0.05, 0.1) is 29.0 Å². The molecular formula is C27H22BrF3N4S. The van der Waals surface area contributed by atoms with Crippen molar-refractivity contribution in [3.8, 4) is 5.69 Å². The average Bonchev–Trinajstić information content (AvgIpc) is 3.34. The summed E-state index contributed by atoms with van der Waals surface area (Å²) in [6.07, 6.45) is -2.75. The number of halogens is 4. The van der Waals surface area contributed by atoms with Crippen molar-refractivity contribution in [1.82, 2.24) is 14.9 Å². The number of alkyl halides is 3. The van der Waals surface area contributed by atoms with Crippen molar-refractivity contribution in [2.45, 2.75) is 32.1 Å². The quantitative estimate of drug-likeness (QED) is 0.258. The van der Waals surface area contributed by atoms with Gasteiger partial charge in [-0.25, -0.2) is 0 Å². The van der Waals surface area contributed by atoms with Gasteiger partial charge in [-0.1, -0.05) is 34.1 Å². The number of nitrogens with one attached hydrogen (secondary N) is 1. The highest BCUT2D eigenvalue weighted by Gasteiger charge is 2.43. The van der Waals surface area contributed by atoms with E-state index in [2.05, 4.69) is 26.2 Å². The number of hydrogen-bond acceptors (Lipinski definition) is 2. The molecule has 0 amide bonds. The Hall–Kier alpha value is -3.17. The maximum atomic E-state index is 13.9. The Balaban J connectivity index is 1.70. The lowest BCUT2D eigenvalue weighted by molar-refractivity contribution is -0.137. The highest BCUT2D eigenvalue weighted by atomic mass is 79.9. The largest absolute Gasteiger partial charge is 0.418 e. The minimum Gasteiger partial charge on any atom is -0.351 e. The smallest absolute Gasteiger partial charge is 0.351 e. The van der Waals surface area contributed by atoms with Gasteiger partial charge in [-0.2, -0.15) is 13.2 Å². The van der Waals surface area contributed by atoms with E-state index >= 15 is 0 Å². The molecule has 1 aliphatic heterocycles. The van der Waals surface area contributed by atoms with Crippen LogP contribution in [-0.2, 0) is 6.18 Å². The fourth-order valence-corrected chi connectivity index (χ4v) is 5.53. The van der Waals surface area contributed by atoms with Gasteiger partial charge in [-0.3, -0.25) is 4.98 Å². The van der Waals surface area contributed by atoms with Crippen LogP contribution < -0.4 is 10.2 Å². The Labute approximate surface area is 220 Å². The number of pyridine rings is 1. The third kappa shape index (κ3) is 4.30. The van der Waals surface area contributed by atoms with Crippen LogP contribution in [0, 0.1) is 13.8 Å². The molecule has 1 fully saturated rings. The Morgan fingerprint density at radius 1 is 0.972 bits per heavy atom. The summed E-state index contributed by atoms with van der Waals surface area (Å²) in [5.41, 5.74) is 3.38. The van der Waals surface area contributed by atoms with Crippen LogP contribution in [0.4, 0.5) is 18.9 Å². The highest BCUT2D eigenvalue weighted by molar-refractivity contribution is 9.10. The molecular weight excluding hydrogens is 549 g/mol. The molecule has 2 atom stereocenters. The molecule has 1 aliphatic rings. The first-order chi connectivity index (χ1) is 17.2. The van der Waals surface area contributed by atoms with Gasteiger partial charge in [-0.05, 0) is 86.2 Å². The normalized spacial score (nSPS) is 17.9. The van der Waals surface area contributed by atoms with E-state index in [1.54, 1.807) is 16.8 Å². The summed E-state index contributed by atoms with van der Waals surface area (Å²) in [4.78, 5) is 6.58. The van der Waals surface area contributed by atoms with E-state index in [-0.39, 0.29) is 17.8 Å². The van der Waals surface area contributed by atoms with Crippen LogP contribution in [0.15, 0.2) is 83.5 Å². The van der Waals surface area contributed by atoms with Gasteiger partial charge in [0, 0.05) is 27.7 Å². The summed E-state index contributed by atoms with van der Waals surface area (Å²) in [5.74, 6) is 0. The zero-order valence-electron chi connectivity index (χ0n) is 19.4. The van der Waals surface area contributed by atoms with Crippen molar-refractivity contribution in [2.75, 3.05) is 4.90 Å². The van der Waals surface area contributed by atoms with Crippen LogP contribution in [0.1, 0.15) is 40.3 Å². The van der Waals surface area contributed by atoms with E-state index < -0.39 is 11.7 Å². The molecule has 1 N–H and O–H groups in total. The number of anilines is 1. The predicted octanol–water partition coefficient (Wildman–Crippen LogP) is 7.45. The zero-order chi connectivity index (χ0) is 25.6. The molecule has 0 radical (unpaired) electrons. The predicted molar refractivity (Wildman–Crippen MR) is 142 cm³/mol. The summed E-state index contributed by atoms with van der Waals surface area (Å²) in [6, 6.07) is 20.5. The molecule has 184 valence electrons. The average molecular weight is 571 g/mol. The van der Waals surface area contributed by atoms with Gasteiger partial charge in [-0.15, -0.1) is 0 Å². The number of aryl methyl sites for hydroxylation is 1. The van der Waals surface area contributed by atoms with Crippen LogP contribution in [0.5, 0.6) is 0 Å². The second-order valence-electron chi connectivity index (χ2n) is 8.65. The molecule has 2 aromatic heterocycles. The highest BCUT2D eigenvalue weighted by Crippen LogP contribution is 2.44. The van der Waals surface area contributed by atoms with Crippen LogP contribution in [0.25, 0.3) is 5.69 Å². The number of aromatic nitrogens is 2. The fourth-order valence-electron chi connectivity index (χ4n) is 4.92. The molecule has 0 unspecified atom stereocenters. The van der Waals surface area contributed by atoms with Gasteiger partial charge in [0.15, 0.2) is 5.11 Å². The van der Waals surface area contributed by atoms with E-state index in [0.29, 0.717) is 16.5 Å². The molecule has 0 bridgehead atoms. The maximum absolute atomic E-state index is 13.9. The molecule has 36 heavy (non-hydrogen) atoms. The lowest BCUT2D eigenvalue weighted by Gasteiger charge is -2.28. The standard InChI is InChI=1S/C27H22BrF3N4S/c1-16-15-20(17(2)34(16)23-9-4-3-7-21(23)27(29,30)31)25-24(22-8-5-6-14-32-22)33-26(36)35(25)19-12-10-18(28)11-13-19/h3-15,24-25H,1-2H3,(H,33,36)/t24-,25+/m0/s1. The number of hydrogen-bond donors (Lipinski definition) is 1. The number of benzene rings is 2. The second-order valence-corrected chi connectivity index (χ2v) is 9.95. The summed E-state index contributed by atoms with van der Waals surface area (Å²) in [7, 11) is 0. The fraction of sp³-hybridized carbons (Fsp3) is 0.185. The van der Waals surface area contributed by atoms with Gasteiger partial charge in [0.1, 0.15) is 0 Å². The van der Waals surface area contributed by atoms with Crippen molar-refractivity contribution in [3.63, 3.8) is 0 Å². The molecule has 1 saturated heterocycles. The third-order valence-corrected chi connectivity index (χ3v) is 7.29. The van der Waals surface area contributed by atoms with Crippen LogP contribution in [0.2, 0.25) is 0 Å². The van der Waals surface area contributed by atoms with Crippen molar-refractivity contribution >= 4 is 38.9 Å². The van der Waals surface area contributed by atoms with E-state index in [1.807, 2.05) is 67.3 Å². The minimum absolute atomic E-state index is 0.101. The van der Waals surface area contributed by atoms with E-state index in [1.165, 1.54) is 12.1 Å². The Morgan fingerprint density at radius 3 is 2.33 bits per heavy atom. The number of rotatable bonds is 4. The number of nitrogens with zero attached hydrogens (tertiary/aromatic N) is 3. The zero-order valence-corrected chi connectivity index (χ0v) is 21.8. The van der Waals surface area contributed by atoms with Crippen molar-refractivity contribution in [1.29, 1.82) is 0 Å². The molecule has 0 aliphatic carbocycles. The first-order valence-electron chi connectivity index (χ1n) is 11.3. The van der Waals surface area contributed by atoms with Crippen molar-refractivity contribution in [2.24, 2.45) is 0 Å². The van der Waals surface area contributed by atoms with Crippen molar-refractivity contribution in [3.05, 3.63) is 112 Å². The van der Waals surface area contributed by atoms with Crippen molar-refractivity contribution < 1.29 is 13.2 Å². The Morgan fingerprint density at radius 2 is 1.67 bits per heavy atom. The molecule has 0 saturated carbocycles. The summed E-state index contributed by atoms with van der Waals surface area (Å²) < 4.78 is 44.3. The summed E-state index contributed by atoms with van der Waals surface area (Å²) >= 11 is 9.25. The molecule has 5 rings (SSSR count). The molecule has 9 heteroatoms. The number of para-hydroxylation sites is 1. The van der Waals surface area contributed by atoms with Crippen LogP contribution in [0.3, 0.4) is 0 Å². The molecule has 0 spiro atoms. The van der Waals surface area contributed by atoms with Gasteiger partial charge in [0.2, 0.25) is 0 Å². The lowest BCUT2D eigenvalue weighted by atomic mass is 9.96. The Kier molecular flexibility index (Phi) is 6.38. The van der Waals surface area contributed by atoms with Crippen LogP contribution >= 0.6 is 28.1 Å². The molecule has 4 aromatic rings. The third-order valence-electron chi connectivity index (χ3n) is 6.44. The monoisotopic (exact) mass is 570 g/mol. The van der Waals surface area contributed by atoms with E-state index in [0.717, 1.165) is 27.5 Å². The van der Waals surface area contributed by atoms with E-state index in [4.69, 9.17) is 12.2 Å². The molecule has 3 heterocycles. The minimum atomic E-state index is -4.48. The van der Waals surface area contributed by atoms with Gasteiger partial charge in [0.25, 0.3) is 0 Å². The molecule has 4 nitrogen and oxygen atoms in total. The second kappa shape index (κ2) is 9.37. The molecule has 2 aromatic carbocycles. The number of thiocarbonyl (C=S) groups is 1. The first-order valence-corrected chi connectivity index (χ1v) is 12.5.